The molecule has 6 nitrogen and oxygen atoms in total. The molecule has 0 saturated heterocycles. The normalized spacial score (nSPS) is 10.1. The zero-order chi connectivity index (χ0) is 18.4. The molecular formula is C19H22N2O4. The van der Waals surface area contributed by atoms with E-state index in [9.17, 15) is 9.59 Å². The molecule has 2 rings (SSSR count). The van der Waals surface area contributed by atoms with E-state index in [4.69, 9.17) is 9.47 Å². The number of carbonyl (C=O) groups excluding carboxylic acids is 2. The van der Waals surface area contributed by atoms with Crippen molar-refractivity contribution in [2.45, 2.75) is 6.92 Å². The molecule has 2 aromatic carbocycles. The standard InChI is InChI=1S/C19H22N2O4/c1-14(22)20(2)15-9-11-16(12-10-15)21(3)19(23)13-25-18-8-6-5-7-17(18)24-4/h5-12H,13H2,1-4H3. The quantitative estimate of drug-likeness (QED) is 0.810. The number of likely N-dealkylation sites (N-methyl/N-ethyl adjacent to an activating group) is 1. The molecule has 0 fully saturated rings. The molecule has 25 heavy (non-hydrogen) atoms. The minimum atomic E-state index is -0.196. The third-order valence-corrected chi connectivity index (χ3v) is 3.89. The molecule has 0 aromatic heterocycles. The molecule has 132 valence electrons. The van der Waals surface area contributed by atoms with Gasteiger partial charge in [-0.15, -0.1) is 0 Å². The number of methoxy groups -OCH3 is 1. The van der Waals surface area contributed by atoms with Crippen molar-refractivity contribution in [2.75, 3.05) is 37.6 Å². The summed E-state index contributed by atoms with van der Waals surface area (Å²) in [6.45, 7) is 1.39. The van der Waals surface area contributed by atoms with Crippen molar-refractivity contribution in [3.05, 3.63) is 48.5 Å². The lowest BCUT2D eigenvalue weighted by Gasteiger charge is -2.20. The summed E-state index contributed by atoms with van der Waals surface area (Å²) >= 11 is 0. The van der Waals surface area contributed by atoms with Crippen molar-refractivity contribution in [1.82, 2.24) is 0 Å². The molecule has 0 aliphatic rings. The molecule has 2 amide bonds. The zero-order valence-corrected chi connectivity index (χ0v) is 14.9. The predicted octanol–water partition coefficient (Wildman–Crippen LogP) is 2.72. The maximum Gasteiger partial charge on any atom is 0.264 e. The van der Waals surface area contributed by atoms with Crippen molar-refractivity contribution >= 4 is 23.2 Å². The smallest absolute Gasteiger partial charge is 0.264 e. The van der Waals surface area contributed by atoms with Gasteiger partial charge in [-0.2, -0.15) is 0 Å². The Morgan fingerprint density at radius 2 is 1.40 bits per heavy atom. The number of hydrogen-bond acceptors (Lipinski definition) is 4. The van der Waals surface area contributed by atoms with Crippen LogP contribution in [-0.4, -0.2) is 39.6 Å². The van der Waals surface area contributed by atoms with Gasteiger partial charge in [0.2, 0.25) is 5.91 Å². The van der Waals surface area contributed by atoms with Crippen LogP contribution in [0.4, 0.5) is 11.4 Å². The van der Waals surface area contributed by atoms with E-state index in [2.05, 4.69) is 0 Å². The second-order valence-electron chi connectivity index (χ2n) is 5.49. The lowest BCUT2D eigenvalue weighted by Crippen LogP contribution is -2.31. The summed E-state index contributed by atoms with van der Waals surface area (Å²) in [4.78, 5) is 26.8. The van der Waals surface area contributed by atoms with E-state index >= 15 is 0 Å². The Hall–Kier alpha value is -3.02. The summed E-state index contributed by atoms with van der Waals surface area (Å²) in [6.07, 6.45) is 0. The molecule has 0 bridgehead atoms. The fraction of sp³-hybridized carbons (Fsp3) is 0.263. The number of nitrogens with zero attached hydrogens (tertiary/aromatic N) is 2. The fourth-order valence-electron chi connectivity index (χ4n) is 2.20. The summed E-state index contributed by atoms with van der Waals surface area (Å²) in [5.41, 5.74) is 1.48. The van der Waals surface area contributed by atoms with E-state index < -0.39 is 0 Å². The van der Waals surface area contributed by atoms with Crippen molar-refractivity contribution in [3.63, 3.8) is 0 Å². The van der Waals surface area contributed by atoms with Crippen LogP contribution in [0.3, 0.4) is 0 Å². The van der Waals surface area contributed by atoms with Gasteiger partial charge in [-0.3, -0.25) is 9.59 Å². The molecule has 2 aromatic rings. The van der Waals surface area contributed by atoms with Gasteiger partial charge in [0.15, 0.2) is 18.1 Å². The first-order valence-electron chi connectivity index (χ1n) is 7.80. The van der Waals surface area contributed by atoms with Crippen LogP contribution in [0.5, 0.6) is 11.5 Å². The predicted molar refractivity (Wildman–Crippen MR) is 97.4 cm³/mol. The molecule has 0 aliphatic carbocycles. The number of anilines is 2. The topological polar surface area (TPSA) is 59.1 Å². The second kappa shape index (κ2) is 8.19. The van der Waals surface area contributed by atoms with Crippen LogP contribution >= 0.6 is 0 Å². The van der Waals surface area contributed by atoms with Crippen molar-refractivity contribution in [2.24, 2.45) is 0 Å². The number of rotatable bonds is 6. The van der Waals surface area contributed by atoms with E-state index in [1.807, 2.05) is 12.1 Å². The molecule has 0 radical (unpaired) electrons. The van der Waals surface area contributed by atoms with Crippen molar-refractivity contribution < 1.29 is 19.1 Å². The van der Waals surface area contributed by atoms with Gasteiger partial charge >= 0.3 is 0 Å². The Balaban J connectivity index is 2.01. The Morgan fingerprint density at radius 1 is 0.880 bits per heavy atom. The highest BCUT2D eigenvalue weighted by Crippen LogP contribution is 2.26. The molecule has 0 unspecified atom stereocenters. The number of ether oxygens (including phenoxy) is 2. The number of amides is 2. The maximum absolute atomic E-state index is 12.3. The lowest BCUT2D eigenvalue weighted by molar-refractivity contribution is -0.120. The average molecular weight is 342 g/mol. The monoisotopic (exact) mass is 342 g/mol. The summed E-state index contributed by atoms with van der Waals surface area (Å²) in [5.74, 6) is 0.848. The highest BCUT2D eigenvalue weighted by Gasteiger charge is 2.14. The second-order valence-corrected chi connectivity index (χ2v) is 5.49. The van der Waals surface area contributed by atoms with Crippen LogP contribution in [0.15, 0.2) is 48.5 Å². The van der Waals surface area contributed by atoms with Crippen molar-refractivity contribution in [1.29, 1.82) is 0 Å². The molecular weight excluding hydrogens is 320 g/mol. The Kier molecular flexibility index (Phi) is 6.00. The van der Waals surface area contributed by atoms with E-state index in [1.54, 1.807) is 57.6 Å². The van der Waals surface area contributed by atoms with Gasteiger partial charge in [0.25, 0.3) is 5.91 Å². The Labute approximate surface area is 147 Å². The average Bonchev–Trinajstić information content (AvgIpc) is 2.65. The first-order chi connectivity index (χ1) is 11.9. The van der Waals surface area contributed by atoms with Crippen LogP contribution in [0.1, 0.15) is 6.92 Å². The molecule has 0 atom stereocenters. The minimum absolute atomic E-state index is 0.0533. The van der Waals surface area contributed by atoms with Gasteiger partial charge in [-0.05, 0) is 36.4 Å². The third kappa shape index (κ3) is 4.50. The molecule has 0 aliphatic heterocycles. The number of benzene rings is 2. The third-order valence-electron chi connectivity index (χ3n) is 3.89. The first-order valence-corrected chi connectivity index (χ1v) is 7.80. The van der Waals surface area contributed by atoms with Gasteiger partial charge < -0.3 is 19.3 Å². The van der Waals surface area contributed by atoms with Gasteiger partial charge in [0.05, 0.1) is 7.11 Å². The SMILES string of the molecule is COc1ccccc1OCC(=O)N(C)c1ccc(N(C)C(C)=O)cc1. The van der Waals surface area contributed by atoms with Crippen LogP contribution in [0.2, 0.25) is 0 Å². The van der Waals surface area contributed by atoms with Crippen LogP contribution in [0, 0.1) is 0 Å². The summed E-state index contributed by atoms with van der Waals surface area (Å²) in [5, 5.41) is 0. The summed E-state index contributed by atoms with van der Waals surface area (Å²) < 4.78 is 10.8. The van der Waals surface area contributed by atoms with E-state index in [0.29, 0.717) is 17.2 Å². The van der Waals surface area contributed by atoms with Crippen LogP contribution < -0.4 is 19.3 Å². The zero-order valence-electron chi connectivity index (χ0n) is 14.9. The van der Waals surface area contributed by atoms with E-state index in [-0.39, 0.29) is 18.4 Å². The largest absolute Gasteiger partial charge is 0.493 e. The first kappa shape index (κ1) is 18.3. The van der Waals surface area contributed by atoms with Gasteiger partial charge in [-0.25, -0.2) is 0 Å². The molecule has 6 heteroatoms. The van der Waals surface area contributed by atoms with E-state index in [0.717, 1.165) is 5.69 Å². The van der Waals surface area contributed by atoms with Crippen LogP contribution in [-0.2, 0) is 9.59 Å². The minimum Gasteiger partial charge on any atom is -0.493 e. The highest BCUT2D eigenvalue weighted by atomic mass is 16.5. The van der Waals surface area contributed by atoms with Crippen molar-refractivity contribution in [3.8, 4) is 11.5 Å². The van der Waals surface area contributed by atoms with E-state index in [1.165, 1.54) is 16.7 Å². The van der Waals surface area contributed by atoms with Crippen LogP contribution in [0.25, 0.3) is 0 Å². The number of hydrogen-bond donors (Lipinski definition) is 0. The number of para-hydroxylation sites is 2. The van der Waals surface area contributed by atoms with Gasteiger partial charge in [0, 0.05) is 32.4 Å². The summed E-state index contributed by atoms with van der Waals surface area (Å²) in [6, 6.07) is 14.3. The maximum atomic E-state index is 12.3. The van der Waals surface area contributed by atoms with Gasteiger partial charge in [0.1, 0.15) is 0 Å². The van der Waals surface area contributed by atoms with Gasteiger partial charge in [-0.1, -0.05) is 12.1 Å². The fourth-order valence-corrected chi connectivity index (χ4v) is 2.20. The lowest BCUT2D eigenvalue weighted by atomic mass is 10.2. The molecule has 0 N–H and O–H groups in total. The Bertz CT molecular complexity index is 743. The molecule has 0 heterocycles. The highest BCUT2D eigenvalue weighted by molar-refractivity contribution is 5.95. The molecule has 0 saturated carbocycles. The number of carbonyl (C=O) groups is 2. The Morgan fingerprint density at radius 3 is 1.92 bits per heavy atom. The summed E-state index contributed by atoms with van der Waals surface area (Å²) in [7, 11) is 4.93. The molecule has 0 spiro atoms.